The molecule has 0 unspecified atom stereocenters. The Bertz CT molecular complexity index is 689. The highest BCUT2D eigenvalue weighted by atomic mass is 32.1. The number of nitrogen functional groups attached to an aromatic ring is 1. The Morgan fingerprint density at radius 1 is 1.21 bits per heavy atom. The Kier molecular flexibility index (Phi) is 2.97. The summed E-state index contributed by atoms with van der Waals surface area (Å²) < 4.78 is 10.5. The monoisotopic (exact) mass is 272 g/mol. The van der Waals surface area contributed by atoms with Gasteiger partial charge in [0.25, 0.3) is 0 Å². The lowest BCUT2D eigenvalue weighted by atomic mass is 10.0. The summed E-state index contributed by atoms with van der Waals surface area (Å²) in [6, 6.07) is 11.7. The van der Waals surface area contributed by atoms with Gasteiger partial charge in [0.1, 0.15) is 11.4 Å². The van der Waals surface area contributed by atoms with Crippen molar-refractivity contribution in [3.05, 3.63) is 41.8 Å². The van der Waals surface area contributed by atoms with E-state index < -0.39 is 0 Å². The van der Waals surface area contributed by atoms with E-state index in [2.05, 4.69) is 5.16 Å². The van der Waals surface area contributed by atoms with Crippen molar-refractivity contribution in [2.75, 3.05) is 12.8 Å². The van der Waals surface area contributed by atoms with E-state index in [4.69, 9.17) is 15.0 Å². The minimum absolute atomic E-state index is 0.316. The number of methoxy groups -OCH3 is 1. The number of nitrogens with zero attached hydrogens (tertiary/aromatic N) is 1. The molecule has 0 atom stereocenters. The van der Waals surface area contributed by atoms with Crippen molar-refractivity contribution in [2.45, 2.75) is 0 Å². The molecular weight excluding hydrogens is 260 g/mol. The molecule has 0 radical (unpaired) electrons. The van der Waals surface area contributed by atoms with Gasteiger partial charge < -0.3 is 15.0 Å². The van der Waals surface area contributed by atoms with Crippen LogP contribution in [0.25, 0.3) is 21.7 Å². The summed E-state index contributed by atoms with van der Waals surface area (Å²) in [5.41, 5.74) is 8.41. The molecule has 19 heavy (non-hydrogen) atoms. The van der Waals surface area contributed by atoms with Crippen molar-refractivity contribution in [3.8, 4) is 27.4 Å². The second kappa shape index (κ2) is 4.78. The van der Waals surface area contributed by atoms with Crippen LogP contribution in [0.2, 0.25) is 0 Å². The van der Waals surface area contributed by atoms with Gasteiger partial charge in [-0.1, -0.05) is 35.5 Å². The average molecular weight is 272 g/mol. The van der Waals surface area contributed by atoms with Crippen molar-refractivity contribution in [1.82, 2.24) is 5.16 Å². The van der Waals surface area contributed by atoms with E-state index in [0.29, 0.717) is 5.88 Å². The first kappa shape index (κ1) is 11.8. The topological polar surface area (TPSA) is 61.3 Å². The first-order chi connectivity index (χ1) is 9.31. The predicted molar refractivity (Wildman–Crippen MR) is 76.2 cm³/mol. The molecule has 4 nitrogen and oxygen atoms in total. The molecule has 0 bridgehead atoms. The first-order valence-corrected chi connectivity index (χ1v) is 6.61. The fourth-order valence-corrected chi connectivity index (χ4v) is 2.82. The maximum absolute atomic E-state index is 5.91. The van der Waals surface area contributed by atoms with E-state index in [1.54, 1.807) is 18.4 Å². The highest BCUT2D eigenvalue weighted by Crippen LogP contribution is 2.42. The third-order valence-electron chi connectivity index (χ3n) is 2.85. The van der Waals surface area contributed by atoms with Gasteiger partial charge >= 0.3 is 0 Å². The molecule has 0 aliphatic rings. The largest absolute Gasteiger partial charge is 0.495 e. The molecule has 0 saturated carbocycles. The van der Waals surface area contributed by atoms with Crippen LogP contribution < -0.4 is 10.5 Å². The van der Waals surface area contributed by atoms with Crippen LogP contribution in [0, 0.1) is 0 Å². The fourth-order valence-electron chi connectivity index (χ4n) is 1.97. The molecule has 3 rings (SSSR count). The SMILES string of the molecule is COc1ccsc1-c1noc(N)c1-c1ccccc1. The third-order valence-corrected chi connectivity index (χ3v) is 3.75. The molecule has 1 aromatic carbocycles. The van der Waals surface area contributed by atoms with E-state index in [1.165, 1.54) is 0 Å². The lowest BCUT2D eigenvalue weighted by Gasteiger charge is -2.03. The minimum atomic E-state index is 0.316. The van der Waals surface area contributed by atoms with Crippen molar-refractivity contribution in [2.24, 2.45) is 0 Å². The van der Waals surface area contributed by atoms with Gasteiger partial charge in [0.05, 0.1) is 17.6 Å². The van der Waals surface area contributed by atoms with Crippen LogP contribution in [0.1, 0.15) is 0 Å². The number of anilines is 1. The molecule has 0 aliphatic carbocycles. The van der Waals surface area contributed by atoms with Gasteiger partial charge in [-0.2, -0.15) is 0 Å². The lowest BCUT2D eigenvalue weighted by Crippen LogP contribution is -1.88. The maximum Gasteiger partial charge on any atom is 0.230 e. The van der Waals surface area contributed by atoms with Gasteiger partial charge in [0.2, 0.25) is 5.88 Å². The Morgan fingerprint density at radius 2 is 2.00 bits per heavy atom. The minimum Gasteiger partial charge on any atom is -0.495 e. The van der Waals surface area contributed by atoms with Crippen molar-refractivity contribution in [1.29, 1.82) is 0 Å². The van der Waals surface area contributed by atoms with Crippen LogP contribution in [0.15, 0.2) is 46.3 Å². The maximum atomic E-state index is 5.91. The highest BCUT2D eigenvalue weighted by Gasteiger charge is 2.20. The zero-order valence-electron chi connectivity index (χ0n) is 10.3. The number of hydrogen-bond acceptors (Lipinski definition) is 5. The number of nitrogens with two attached hydrogens (primary N) is 1. The summed E-state index contributed by atoms with van der Waals surface area (Å²) in [7, 11) is 1.64. The third kappa shape index (κ3) is 1.98. The van der Waals surface area contributed by atoms with Crippen molar-refractivity contribution in [3.63, 3.8) is 0 Å². The van der Waals surface area contributed by atoms with Crippen molar-refractivity contribution < 1.29 is 9.26 Å². The number of thiophene rings is 1. The molecule has 2 aromatic heterocycles. The molecule has 0 saturated heterocycles. The van der Waals surface area contributed by atoms with Crippen LogP contribution in [-0.2, 0) is 0 Å². The molecule has 0 fully saturated rings. The summed E-state index contributed by atoms with van der Waals surface area (Å²) in [6.45, 7) is 0. The van der Waals surface area contributed by atoms with E-state index in [9.17, 15) is 0 Å². The lowest BCUT2D eigenvalue weighted by molar-refractivity contribution is 0.416. The Hall–Kier alpha value is -2.27. The number of aromatic nitrogens is 1. The summed E-state index contributed by atoms with van der Waals surface area (Å²) in [5, 5.41) is 6.03. The molecule has 0 amide bonds. The number of ether oxygens (including phenoxy) is 1. The standard InChI is InChI=1S/C14H12N2O2S/c1-17-10-7-8-19-13(10)12-11(14(15)18-16-12)9-5-3-2-4-6-9/h2-8H,15H2,1H3. The van der Waals surface area contributed by atoms with Crippen LogP contribution in [0.5, 0.6) is 5.75 Å². The summed E-state index contributed by atoms with van der Waals surface area (Å²) >= 11 is 1.55. The number of hydrogen-bond donors (Lipinski definition) is 1. The zero-order valence-corrected chi connectivity index (χ0v) is 11.1. The molecule has 0 aliphatic heterocycles. The van der Waals surface area contributed by atoms with Crippen LogP contribution in [0.3, 0.4) is 0 Å². The second-order valence-electron chi connectivity index (χ2n) is 3.95. The molecule has 96 valence electrons. The zero-order chi connectivity index (χ0) is 13.2. The van der Waals surface area contributed by atoms with Crippen LogP contribution in [-0.4, -0.2) is 12.3 Å². The van der Waals surface area contributed by atoms with E-state index in [0.717, 1.165) is 27.4 Å². The highest BCUT2D eigenvalue weighted by molar-refractivity contribution is 7.14. The van der Waals surface area contributed by atoms with Gasteiger partial charge in [0.15, 0.2) is 0 Å². The van der Waals surface area contributed by atoms with E-state index in [-0.39, 0.29) is 0 Å². The molecular formula is C14H12N2O2S. The van der Waals surface area contributed by atoms with E-state index in [1.807, 2.05) is 41.8 Å². The quantitative estimate of drug-likeness (QED) is 0.790. The van der Waals surface area contributed by atoms with Crippen molar-refractivity contribution >= 4 is 17.2 Å². The Balaban J connectivity index is 2.20. The van der Waals surface area contributed by atoms with E-state index >= 15 is 0 Å². The predicted octanol–water partition coefficient (Wildman–Crippen LogP) is 3.66. The van der Waals surface area contributed by atoms with Crippen LogP contribution >= 0.6 is 11.3 Å². The fraction of sp³-hybridized carbons (Fsp3) is 0.0714. The number of rotatable bonds is 3. The second-order valence-corrected chi connectivity index (χ2v) is 4.87. The van der Waals surface area contributed by atoms with Crippen LogP contribution in [0.4, 0.5) is 5.88 Å². The summed E-state index contributed by atoms with van der Waals surface area (Å²) in [6.07, 6.45) is 0. The smallest absolute Gasteiger partial charge is 0.230 e. The normalized spacial score (nSPS) is 10.6. The molecule has 0 spiro atoms. The molecule has 5 heteroatoms. The average Bonchev–Trinajstić information content (AvgIpc) is 3.05. The molecule has 2 N–H and O–H groups in total. The van der Waals surface area contributed by atoms with Gasteiger partial charge in [-0.05, 0) is 17.0 Å². The van der Waals surface area contributed by atoms with Gasteiger partial charge in [0, 0.05) is 0 Å². The Morgan fingerprint density at radius 3 is 2.74 bits per heavy atom. The molecule has 3 aromatic rings. The number of benzene rings is 1. The van der Waals surface area contributed by atoms with Gasteiger partial charge in [-0.15, -0.1) is 11.3 Å². The van der Waals surface area contributed by atoms with Gasteiger partial charge in [-0.3, -0.25) is 0 Å². The molecule has 2 heterocycles. The first-order valence-electron chi connectivity index (χ1n) is 5.73. The summed E-state index contributed by atoms with van der Waals surface area (Å²) in [4.78, 5) is 0.918. The van der Waals surface area contributed by atoms with Gasteiger partial charge in [-0.25, -0.2) is 0 Å². The Labute approximate surface area is 114 Å². The summed E-state index contributed by atoms with van der Waals surface area (Å²) in [5.74, 6) is 1.09.